The van der Waals surface area contributed by atoms with Crippen LogP contribution < -0.4 is 4.72 Å². The van der Waals surface area contributed by atoms with E-state index in [1.54, 1.807) is 6.92 Å². The van der Waals surface area contributed by atoms with Gasteiger partial charge in [0.25, 0.3) is 0 Å². The quantitative estimate of drug-likeness (QED) is 0.669. The number of hydrogen-bond donors (Lipinski definition) is 3. The lowest BCUT2D eigenvalue weighted by Crippen LogP contribution is -2.38. The molecule has 0 aliphatic heterocycles. The molecule has 0 radical (unpaired) electrons. The van der Waals surface area contributed by atoms with Gasteiger partial charge in [-0.05, 0) is 20.8 Å². The first kappa shape index (κ1) is 12.2. The molecule has 0 aliphatic carbocycles. The lowest BCUT2D eigenvalue weighted by molar-refractivity contribution is 0.0857. The third-order valence-corrected chi connectivity index (χ3v) is 3.28. The van der Waals surface area contributed by atoms with E-state index in [1.807, 2.05) is 0 Å². The second-order valence-electron chi connectivity index (χ2n) is 4.00. The van der Waals surface area contributed by atoms with Crippen molar-refractivity contribution < 1.29 is 13.5 Å². The zero-order valence-electron chi connectivity index (χ0n) is 8.90. The largest absolute Gasteiger partial charge is 0.389 e. The monoisotopic (exact) mass is 233 g/mol. The minimum Gasteiger partial charge on any atom is -0.389 e. The maximum absolute atomic E-state index is 11.7. The Morgan fingerprint density at radius 2 is 2.20 bits per heavy atom. The summed E-state index contributed by atoms with van der Waals surface area (Å²) in [6.07, 6.45) is 1.24. The number of aromatic nitrogens is 2. The molecule has 0 saturated carbocycles. The predicted octanol–water partition coefficient (Wildman–Crippen LogP) is -0.233. The van der Waals surface area contributed by atoms with E-state index in [1.165, 1.54) is 20.0 Å². The van der Waals surface area contributed by atoms with E-state index in [4.69, 9.17) is 0 Å². The number of aromatic amines is 1. The van der Waals surface area contributed by atoms with Crippen molar-refractivity contribution in [1.29, 1.82) is 0 Å². The normalized spacial score (nSPS) is 13.1. The smallest absolute Gasteiger partial charge is 0.244 e. The number of sulfonamides is 1. The number of nitrogens with one attached hydrogen (secondary N) is 2. The van der Waals surface area contributed by atoms with Gasteiger partial charge in [0.05, 0.1) is 17.5 Å². The van der Waals surface area contributed by atoms with Gasteiger partial charge in [0.2, 0.25) is 10.0 Å². The van der Waals surface area contributed by atoms with Crippen molar-refractivity contribution in [3.8, 4) is 0 Å². The summed E-state index contributed by atoms with van der Waals surface area (Å²) in [5.41, 5.74) is -0.608. The van der Waals surface area contributed by atoms with Gasteiger partial charge in [-0.2, -0.15) is 5.10 Å². The Balaban J connectivity index is 2.82. The number of aryl methyl sites for hydroxylation is 1. The lowest BCUT2D eigenvalue weighted by Gasteiger charge is -2.17. The third kappa shape index (κ3) is 3.29. The van der Waals surface area contributed by atoms with Gasteiger partial charge in [0.15, 0.2) is 0 Å². The van der Waals surface area contributed by atoms with Crippen molar-refractivity contribution in [2.75, 3.05) is 6.54 Å². The molecule has 0 unspecified atom stereocenters. The fourth-order valence-corrected chi connectivity index (χ4v) is 2.30. The molecule has 0 aliphatic rings. The molecule has 1 heterocycles. The summed E-state index contributed by atoms with van der Waals surface area (Å²) < 4.78 is 25.7. The predicted molar refractivity (Wildman–Crippen MR) is 54.8 cm³/mol. The molecular formula is C8H15N3O3S. The van der Waals surface area contributed by atoms with Gasteiger partial charge < -0.3 is 5.11 Å². The van der Waals surface area contributed by atoms with Gasteiger partial charge in [-0.3, -0.25) is 5.10 Å². The summed E-state index contributed by atoms with van der Waals surface area (Å²) in [6.45, 7) is 4.63. The molecular weight excluding hydrogens is 218 g/mol. The van der Waals surface area contributed by atoms with Gasteiger partial charge in [-0.25, -0.2) is 13.1 Å². The Morgan fingerprint density at radius 1 is 1.60 bits per heavy atom. The molecule has 0 bridgehead atoms. The highest BCUT2D eigenvalue weighted by molar-refractivity contribution is 7.89. The summed E-state index contributed by atoms with van der Waals surface area (Å²) in [6, 6.07) is 0. The van der Waals surface area contributed by atoms with E-state index in [2.05, 4.69) is 14.9 Å². The Labute approximate surface area is 88.8 Å². The molecule has 0 saturated heterocycles. The topological polar surface area (TPSA) is 95.1 Å². The van der Waals surface area contributed by atoms with E-state index < -0.39 is 15.6 Å². The molecule has 1 rings (SSSR count). The van der Waals surface area contributed by atoms with Crippen LogP contribution in [-0.4, -0.2) is 35.9 Å². The van der Waals surface area contributed by atoms with Gasteiger partial charge in [-0.1, -0.05) is 0 Å². The Kier molecular flexibility index (Phi) is 3.17. The average molecular weight is 233 g/mol. The molecule has 6 nitrogen and oxygen atoms in total. The summed E-state index contributed by atoms with van der Waals surface area (Å²) in [5.74, 6) is 0. The molecule has 7 heteroatoms. The van der Waals surface area contributed by atoms with Crippen molar-refractivity contribution in [1.82, 2.24) is 14.9 Å². The summed E-state index contributed by atoms with van der Waals surface area (Å²) in [4.78, 5) is 0.103. The molecule has 86 valence electrons. The molecule has 0 amide bonds. The molecule has 0 atom stereocenters. The van der Waals surface area contributed by atoms with Crippen molar-refractivity contribution in [2.24, 2.45) is 0 Å². The van der Waals surface area contributed by atoms with Crippen LogP contribution in [0, 0.1) is 6.92 Å². The summed E-state index contributed by atoms with van der Waals surface area (Å²) in [5, 5.41) is 15.6. The van der Waals surface area contributed by atoms with Crippen LogP contribution in [0.15, 0.2) is 11.1 Å². The first-order valence-electron chi connectivity index (χ1n) is 4.44. The summed E-state index contributed by atoms with van der Waals surface area (Å²) in [7, 11) is -3.58. The fraction of sp³-hybridized carbons (Fsp3) is 0.625. The number of nitrogens with zero attached hydrogens (tertiary/aromatic N) is 1. The zero-order valence-corrected chi connectivity index (χ0v) is 9.72. The van der Waals surface area contributed by atoms with Gasteiger partial charge in [-0.15, -0.1) is 0 Å². The molecule has 1 aromatic heterocycles. The van der Waals surface area contributed by atoms with E-state index in [0.29, 0.717) is 5.69 Å². The number of rotatable bonds is 4. The zero-order chi connectivity index (χ0) is 11.7. The summed E-state index contributed by atoms with van der Waals surface area (Å²) >= 11 is 0. The Bertz CT molecular complexity index is 430. The lowest BCUT2D eigenvalue weighted by atomic mass is 10.1. The molecule has 0 fully saturated rings. The van der Waals surface area contributed by atoms with Crippen LogP contribution in [0.1, 0.15) is 19.5 Å². The van der Waals surface area contributed by atoms with Crippen LogP contribution in [0.5, 0.6) is 0 Å². The minimum absolute atomic E-state index is 0.0417. The van der Waals surface area contributed by atoms with E-state index in [9.17, 15) is 13.5 Å². The van der Waals surface area contributed by atoms with Crippen molar-refractivity contribution in [3.05, 3.63) is 11.9 Å². The average Bonchev–Trinajstić information content (AvgIpc) is 2.47. The third-order valence-electron chi connectivity index (χ3n) is 1.77. The van der Waals surface area contributed by atoms with Crippen molar-refractivity contribution >= 4 is 10.0 Å². The van der Waals surface area contributed by atoms with Crippen LogP contribution >= 0.6 is 0 Å². The van der Waals surface area contributed by atoms with Crippen LogP contribution in [0.25, 0.3) is 0 Å². The van der Waals surface area contributed by atoms with Gasteiger partial charge >= 0.3 is 0 Å². The second-order valence-corrected chi connectivity index (χ2v) is 5.73. The SMILES string of the molecule is Cc1[nH]ncc1S(=O)(=O)NCC(C)(C)O. The van der Waals surface area contributed by atoms with Crippen molar-refractivity contribution in [3.63, 3.8) is 0 Å². The highest BCUT2D eigenvalue weighted by atomic mass is 32.2. The maximum Gasteiger partial charge on any atom is 0.244 e. The Hall–Kier alpha value is -0.920. The first-order valence-corrected chi connectivity index (χ1v) is 5.93. The molecule has 1 aromatic rings. The first-order chi connectivity index (χ1) is 6.72. The van der Waals surface area contributed by atoms with Crippen LogP contribution in [0.2, 0.25) is 0 Å². The highest BCUT2D eigenvalue weighted by Crippen LogP contribution is 2.11. The van der Waals surface area contributed by atoms with Crippen molar-refractivity contribution in [2.45, 2.75) is 31.3 Å². The van der Waals surface area contributed by atoms with Crippen LogP contribution in [-0.2, 0) is 10.0 Å². The number of hydrogen-bond acceptors (Lipinski definition) is 4. The fourth-order valence-electron chi connectivity index (χ4n) is 0.960. The van der Waals surface area contributed by atoms with Gasteiger partial charge in [0.1, 0.15) is 4.90 Å². The minimum atomic E-state index is -3.58. The number of H-pyrrole nitrogens is 1. The Morgan fingerprint density at radius 3 is 2.60 bits per heavy atom. The molecule has 15 heavy (non-hydrogen) atoms. The molecule has 0 aromatic carbocycles. The van der Waals surface area contributed by atoms with E-state index in [-0.39, 0.29) is 11.4 Å². The maximum atomic E-state index is 11.7. The van der Waals surface area contributed by atoms with E-state index in [0.717, 1.165) is 0 Å². The second kappa shape index (κ2) is 3.92. The highest BCUT2D eigenvalue weighted by Gasteiger charge is 2.22. The molecule has 0 spiro atoms. The van der Waals surface area contributed by atoms with Crippen LogP contribution in [0.3, 0.4) is 0 Å². The van der Waals surface area contributed by atoms with E-state index >= 15 is 0 Å². The van der Waals surface area contributed by atoms with Crippen LogP contribution in [0.4, 0.5) is 0 Å². The van der Waals surface area contributed by atoms with Gasteiger partial charge in [0, 0.05) is 6.54 Å². The number of aliphatic hydroxyl groups is 1. The molecule has 3 N–H and O–H groups in total. The standard InChI is InChI=1S/C8H15N3O3S/c1-6-7(4-9-11-6)15(13,14)10-5-8(2,3)12/h4,10,12H,5H2,1-3H3,(H,9,11).